The van der Waals surface area contributed by atoms with Crippen molar-refractivity contribution in [1.82, 2.24) is 19.8 Å². The zero-order chi connectivity index (χ0) is 18.6. The van der Waals surface area contributed by atoms with Crippen molar-refractivity contribution in [2.45, 2.75) is 25.9 Å². The highest BCUT2D eigenvalue weighted by Crippen LogP contribution is 2.39. The molecule has 134 valence electrons. The van der Waals surface area contributed by atoms with Crippen molar-refractivity contribution in [3.63, 3.8) is 0 Å². The van der Waals surface area contributed by atoms with Gasteiger partial charge in [-0.2, -0.15) is 23.4 Å². The molecule has 0 fully saturated rings. The normalized spacial score (nSPS) is 12.6. The number of fused-ring (bicyclic) bond motifs is 2. The van der Waals surface area contributed by atoms with Gasteiger partial charge in [-0.25, -0.2) is 4.52 Å². The van der Waals surface area contributed by atoms with Crippen molar-refractivity contribution in [3.05, 3.63) is 52.8 Å². The third-order valence-corrected chi connectivity index (χ3v) is 4.61. The fourth-order valence-electron chi connectivity index (χ4n) is 3.01. The van der Waals surface area contributed by atoms with Crippen molar-refractivity contribution >= 4 is 28.0 Å². The summed E-state index contributed by atoms with van der Waals surface area (Å²) in [5.74, 6) is 0.0945. The van der Waals surface area contributed by atoms with Crippen LogP contribution in [0, 0.1) is 0 Å². The predicted octanol–water partition coefficient (Wildman–Crippen LogP) is 5.67. The fraction of sp³-hybridized carbons (Fsp3) is 0.222. The van der Waals surface area contributed by atoms with Crippen LogP contribution < -0.4 is 0 Å². The molecule has 1 aromatic carbocycles. The van der Waals surface area contributed by atoms with E-state index in [2.05, 4.69) is 15.3 Å². The third kappa shape index (κ3) is 2.63. The van der Waals surface area contributed by atoms with E-state index in [9.17, 15) is 13.2 Å². The number of H-pyrrole nitrogens is 1. The van der Waals surface area contributed by atoms with E-state index in [1.165, 1.54) is 22.8 Å². The van der Waals surface area contributed by atoms with Crippen molar-refractivity contribution in [2.24, 2.45) is 0 Å². The number of aromatic amines is 1. The summed E-state index contributed by atoms with van der Waals surface area (Å²) >= 11 is 6.24. The molecule has 0 radical (unpaired) electrons. The number of benzene rings is 1. The number of pyridine rings is 1. The monoisotopic (exact) mass is 378 g/mol. The Morgan fingerprint density at radius 2 is 1.92 bits per heavy atom. The molecule has 0 aliphatic rings. The maximum Gasteiger partial charge on any atom is 0.418 e. The molecule has 26 heavy (non-hydrogen) atoms. The molecule has 3 heterocycles. The second kappa shape index (κ2) is 5.74. The minimum absolute atomic E-state index is 0.0353. The number of hydrogen-bond acceptors (Lipinski definition) is 2. The standard InChI is InChI=1S/C18H14ClF3N4/c1-9(2)15-7-12-3-4-13(18(20,21)22)17(26(12)25-15)10-5-11-8-23-24-16(11)14(19)6-10/h3-9H,1-2H3,(H,23,24). The van der Waals surface area contributed by atoms with Crippen molar-refractivity contribution in [1.29, 1.82) is 0 Å². The lowest BCUT2D eigenvalue weighted by Crippen LogP contribution is -2.11. The van der Waals surface area contributed by atoms with E-state index < -0.39 is 11.7 Å². The first-order valence-corrected chi connectivity index (χ1v) is 8.36. The van der Waals surface area contributed by atoms with Crippen LogP contribution in [0.4, 0.5) is 13.2 Å². The minimum atomic E-state index is -4.52. The summed E-state index contributed by atoms with van der Waals surface area (Å²) in [4.78, 5) is 0. The van der Waals surface area contributed by atoms with Gasteiger partial charge in [-0.1, -0.05) is 25.4 Å². The van der Waals surface area contributed by atoms with Gasteiger partial charge in [-0.05, 0) is 36.2 Å². The van der Waals surface area contributed by atoms with Crippen LogP contribution in [0.3, 0.4) is 0 Å². The topological polar surface area (TPSA) is 46.0 Å². The molecule has 4 nitrogen and oxygen atoms in total. The number of hydrogen-bond donors (Lipinski definition) is 1. The average Bonchev–Trinajstić information content (AvgIpc) is 3.19. The van der Waals surface area contributed by atoms with E-state index in [0.29, 0.717) is 27.0 Å². The zero-order valence-corrected chi connectivity index (χ0v) is 14.7. The maximum absolute atomic E-state index is 13.7. The summed E-state index contributed by atoms with van der Waals surface area (Å²) in [5.41, 5.74) is 1.44. The smallest absolute Gasteiger partial charge is 0.276 e. The van der Waals surface area contributed by atoms with Gasteiger partial charge in [0.05, 0.1) is 39.2 Å². The molecule has 0 aliphatic heterocycles. The predicted molar refractivity (Wildman–Crippen MR) is 94.4 cm³/mol. The van der Waals surface area contributed by atoms with E-state index in [1.54, 1.807) is 12.1 Å². The highest BCUT2D eigenvalue weighted by Gasteiger charge is 2.35. The average molecular weight is 379 g/mol. The van der Waals surface area contributed by atoms with Crippen LogP contribution in [0.15, 0.2) is 36.5 Å². The number of rotatable bonds is 2. The van der Waals surface area contributed by atoms with Crippen molar-refractivity contribution < 1.29 is 13.2 Å². The molecule has 0 saturated carbocycles. The summed E-state index contributed by atoms with van der Waals surface area (Å²) in [6.45, 7) is 3.89. The SMILES string of the molecule is CC(C)c1cc2ccc(C(F)(F)F)c(-c3cc(Cl)c4[nH]ncc4c3)n2n1. The van der Waals surface area contributed by atoms with E-state index in [1.807, 2.05) is 13.8 Å². The second-order valence-electron chi connectivity index (χ2n) is 6.45. The van der Waals surface area contributed by atoms with E-state index in [4.69, 9.17) is 11.6 Å². The number of alkyl halides is 3. The van der Waals surface area contributed by atoms with Gasteiger partial charge in [0.25, 0.3) is 0 Å². The second-order valence-corrected chi connectivity index (χ2v) is 6.85. The molecule has 1 N–H and O–H groups in total. The van der Waals surface area contributed by atoms with Crippen LogP contribution >= 0.6 is 11.6 Å². The Labute approximate surface area is 151 Å². The Morgan fingerprint density at radius 1 is 1.15 bits per heavy atom. The van der Waals surface area contributed by atoms with Crippen molar-refractivity contribution in [3.8, 4) is 11.3 Å². The van der Waals surface area contributed by atoms with Gasteiger partial charge in [0, 0.05) is 10.9 Å². The van der Waals surface area contributed by atoms with E-state index >= 15 is 0 Å². The largest absolute Gasteiger partial charge is 0.418 e. The molecule has 4 rings (SSSR count). The van der Waals surface area contributed by atoms with Crippen LogP contribution in [-0.4, -0.2) is 19.8 Å². The molecular weight excluding hydrogens is 365 g/mol. The first kappa shape index (κ1) is 16.9. The Morgan fingerprint density at radius 3 is 2.62 bits per heavy atom. The molecule has 0 atom stereocenters. The molecule has 0 aliphatic carbocycles. The Kier molecular flexibility index (Phi) is 3.73. The number of nitrogens with zero attached hydrogens (tertiary/aromatic N) is 3. The van der Waals surface area contributed by atoms with Gasteiger partial charge in [0.2, 0.25) is 0 Å². The summed E-state index contributed by atoms with van der Waals surface area (Å²) in [6.07, 6.45) is -2.99. The minimum Gasteiger partial charge on any atom is -0.276 e. The van der Waals surface area contributed by atoms with E-state index in [-0.39, 0.29) is 11.6 Å². The van der Waals surface area contributed by atoms with Crippen LogP contribution in [0.2, 0.25) is 5.02 Å². The molecule has 0 bridgehead atoms. The quantitative estimate of drug-likeness (QED) is 0.488. The molecule has 0 spiro atoms. The highest BCUT2D eigenvalue weighted by atomic mass is 35.5. The lowest BCUT2D eigenvalue weighted by atomic mass is 10.0. The number of aromatic nitrogens is 4. The van der Waals surface area contributed by atoms with Crippen LogP contribution in [0.25, 0.3) is 27.7 Å². The first-order valence-electron chi connectivity index (χ1n) is 7.98. The van der Waals surface area contributed by atoms with Gasteiger partial charge in [0.1, 0.15) is 0 Å². The summed E-state index contributed by atoms with van der Waals surface area (Å²) in [5, 5.41) is 12.0. The third-order valence-electron chi connectivity index (χ3n) is 4.31. The van der Waals surface area contributed by atoms with Crippen LogP contribution in [-0.2, 0) is 6.18 Å². The van der Waals surface area contributed by atoms with Gasteiger partial charge >= 0.3 is 6.18 Å². The van der Waals surface area contributed by atoms with E-state index in [0.717, 1.165) is 11.8 Å². The molecule has 4 aromatic rings. The Hall–Kier alpha value is -2.54. The highest BCUT2D eigenvalue weighted by molar-refractivity contribution is 6.35. The summed E-state index contributed by atoms with van der Waals surface area (Å²) < 4.78 is 42.4. The Balaban J connectivity index is 2.09. The van der Waals surface area contributed by atoms with Gasteiger partial charge < -0.3 is 0 Å². The lowest BCUT2D eigenvalue weighted by Gasteiger charge is -2.15. The van der Waals surface area contributed by atoms with Gasteiger partial charge in [-0.3, -0.25) is 5.10 Å². The molecule has 0 amide bonds. The molecule has 0 saturated heterocycles. The van der Waals surface area contributed by atoms with Crippen LogP contribution in [0.1, 0.15) is 31.0 Å². The first-order chi connectivity index (χ1) is 12.3. The number of nitrogens with one attached hydrogen (secondary N) is 1. The van der Waals surface area contributed by atoms with Crippen LogP contribution in [0.5, 0.6) is 0 Å². The van der Waals surface area contributed by atoms with Crippen molar-refractivity contribution in [2.75, 3.05) is 0 Å². The molecule has 0 unspecified atom stereocenters. The Bertz CT molecular complexity index is 1120. The molecular formula is C18H14ClF3N4. The fourth-order valence-corrected chi connectivity index (χ4v) is 3.28. The summed E-state index contributed by atoms with van der Waals surface area (Å²) in [6, 6.07) is 7.45. The molecule has 3 aromatic heterocycles. The number of halogens is 4. The summed E-state index contributed by atoms with van der Waals surface area (Å²) in [7, 11) is 0. The van der Waals surface area contributed by atoms with Gasteiger partial charge in [-0.15, -0.1) is 0 Å². The lowest BCUT2D eigenvalue weighted by molar-refractivity contribution is -0.137. The maximum atomic E-state index is 13.7. The van der Waals surface area contributed by atoms with Gasteiger partial charge in [0.15, 0.2) is 0 Å². The molecule has 8 heteroatoms. The zero-order valence-electron chi connectivity index (χ0n) is 13.9.